The molecule has 3 fully saturated rings. The number of nitrogens with zero attached hydrogens (tertiary/aromatic N) is 5. The zero-order chi connectivity index (χ0) is 45.1. The standard InChI is InChI=1S/C46H61N9O8/c1-28(2)36(51-42(58)61-5)40(56)54-21-11-14-32(54)38-47-25-34(49-38)46(17-15-31(16-18-46)30-12-9-8-10-13-30)35-26-48-39(50-35)33-24-45(19-22-53(23-20-45)44(60)63-7)27-55(33)41(57)37(29(3)4)52-43(59)62-6/h8-10,12-13,15-18,25-26,28-29,31-33,36-37H,11,14,19-24,27H2,1-7H3,(H,47,49)(H,48,50)(H,51,58)(H,52,59)/t31?,32-,33?,36-,37-,46?/m0/s1. The Bertz CT molecular complexity index is 2180. The number of amides is 5. The summed E-state index contributed by atoms with van der Waals surface area (Å²) in [6.07, 6.45) is 13.9. The van der Waals surface area contributed by atoms with Crippen LogP contribution >= 0.6 is 0 Å². The molecule has 4 aliphatic rings. The van der Waals surface area contributed by atoms with E-state index in [4.69, 9.17) is 24.2 Å². The molecule has 3 aromatic rings. The summed E-state index contributed by atoms with van der Waals surface area (Å²) in [7, 11) is 3.93. The predicted octanol–water partition coefficient (Wildman–Crippen LogP) is 5.88. The van der Waals surface area contributed by atoms with Crippen LogP contribution in [-0.4, -0.2) is 124 Å². The highest BCUT2D eigenvalue weighted by Gasteiger charge is 2.51. The van der Waals surface area contributed by atoms with Crippen molar-refractivity contribution in [1.82, 2.24) is 45.3 Å². The minimum atomic E-state index is -0.897. The molecular weight excluding hydrogens is 807 g/mol. The first-order valence-corrected chi connectivity index (χ1v) is 21.9. The fourth-order valence-electron chi connectivity index (χ4n) is 9.72. The molecule has 2 aromatic heterocycles. The highest BCUT2D eigenvalue weighted by molar-refractivity contribution is 5.87. The molecule has 1 spiro atoms. The number of H-pyrrole nitrogens is 2. The molecule has 4 atom stereocenters. The number of nitrogens with one attached hydrogen (secondary N) is 4. The van der Waals surface area contributed by atoms with Crippen LogP contribution in [0.3, 0.4) is 0 Å². The van der Waals surface area contributed by atoms with Crippen molar-refractivity contribution in [2.75, 3.05) is 47.5 Å². The highest BCUT2D eigenvalue weighted by atomic mass is 16.5. The van der Waals surface area contributed by atoms with Gasteiger partial charge < -0.3 is 49.5 Å². The largest absolute Gasteiger partial charge is 0.453 e. The topological polar surface area (TPSA) is 204 Å². The van der Waals surface area contributed by atoms with Gasteiger partial charge in [-0.3, -0.25) is 9.59 Å². The molecule has 0 saturated carbocycles. The van der Waals surface area contributed by atoms with Gasteiger partial charge in [-0.25, -0.2) is 24.4 Å². The molecule has 1 aliphatic carbocycles. The van der Waals surface area contributed by atoms with E-state index in [1.807, 2.05) is 63.2 Å². The zero-order valence-corrected chi connectivity index (χ0v) is 37.3. The smallest absolute Gasteiger partial charge is 0.409 e. The molecule has 5 heterocycles. The van der Waals surface area contributed by atoms with Crippen LogP contribution in [-0.2, 0) is 29.2 Å². The number of likely N-dealkylation sites (tertiary alicyclic amines) is 3. The van der Waals surface area contributed by atoms with Crippen LogP contribution in [0.15, 0.2) is 67.0 Å². The number of piperidine rings is 1. The maximum Gasteiger partial charge on any atom is 0.409 e. The lowest BCUT2D eigenvalue weighted by atomic mass is 9.75. The molecule has 1 unspecified atom stereocenters. The second-order valence-electron chi connectivity index (χ2n) is 17.9. The van der Waals surface area contributed by atoms with Crippen LogP contribution in [0.5, 0.6) is 0 Å². The zero-order valence-electron chi connectivity index (χ0n) is 37.3. The summed E-state index contributed by atoms with van der Waals surface area (Å²) < 4.78 is 14.8. The number of alkyl carbamates (subject to hydrolysis) is 2. The second kappa shape index (κ2) is 18.7. The Hall–Kier alpha value is -6.13. The molecular formula is C46H61N9O8. The monoisotopic (exact) mass is 867 g/mol. The van der Waals surface area contributed by atoms with Gasteiger partial charge in [0.2, 0.25) is 11.8 Å². The van der Waals surface area contributed by atoms with Crippen LogP contribution in [0.1, 0.15) is 106 Å². The summed E-state index contributed by atoms with van der Waals surface area (Å²) in [5, 5.41) is 5.49. The van der Waals surface area contributed by atoms with Crippen molar-refractivity contribution < 1.29 is 38.2 Å². The number of imidazole rings is 2. The van der Waals surface area contributed by atoms with Crippen molar-refractivity contribution in [3.05, 3.63) is 95.6 Å². The van der Waals surface area contributed by atoms with Gasteiger partial charge in [0.25, 0.3) is 0 Å². The fraction of sp³-hybridized carbons (Fsp3) is 0.543. The van der Waals surface area contributed by atoms with E-state index < -0.39 is 35.7 Å². The Morgan fingerprint density at radius 2 is 1.27 bits per heavy atom. The van der Waals surface area contributed by atoms with E-state index in [1.165, 1.54) is 21.3 Å². The number of hydrogen-bond donors (Lipinski definition) is 4. The van der Waals surface area contributed by atoms with E-state index >= 15 is 0 Å². The molecule has 5 amide bonds. The minimum absolute atomic E-state index is 0.0104. The van der Waals surface area contributed by atoms with Gasteiger partial charge >= 0.3 is 18.3 Å². The van der Waals surface area contributed by atoms with Crippen molar-refractivity contribution in [3.8, 4) is 0 Å². The van der Waals surface area contributed by atoms with Crippen LogP contribution in [0.25, 0.3) is 0 Å². The third-order valence-corrected chi connectivity index (χ3v) is 13.4. The Morgan fingerprint density at radius 3 is 1.79 bits per heavy atom. The molecule has 17 heteroatoms. The average Bonchev–Trinajstić information content (AvgIpc) is 4.14. The summed E-state index contributed by atoms with van der Waals surface area (Å²) in [6.45, 7) is 9.46. The maximum absolute atomic E-state index is 14.6. The number of carbonyl (C=O) groups is 5. The third kappa shape index (κ3) is 9.05. The van der Waals surface area contributed by atoms with Crippen molar-refractivity contribution in [3.63, 3.8) is 0 Å². The summed E-state index contributed by atoms with van der Waals surface area (Å²) in [5.74, 6) is 0.400. The predicted molar refractivity (Wildman–Crippen MR) is 232 cm³/mol. The normalized spacial score (nSPS) is 23.8. The van der Waals surface area contributed by atoms with Crippen molar-refractivity contribution >= 4 is 30.1 Å². The van der Waals surface area contributed by atoms with Crippen molar-refractivity contribution in [2.24, 2.45) is 17.3 Å². The first-order valence-electron chi connectivity index (χ1n) is 21.9. The minimum Gasteiger partial charge on any atom is -0.453 e. The van der Waals surface area contributed by atoms with Crippen molar-refractivity contribution in [2.45, 2.75) is 95.3 Å². The van der Waals surface area contributed by atoms with E-state index in [9.17, 15) is 24.0 Å². The SMILES string of the molecule is COC(=O)N[C@H](C(=O)N1CC2(CCN(C(=O)OC)CC2)CC1c1ncc(C2(c3cnc([C@@H]4CCCN4C(=O)[C@@H](NC(=O)OC)C(C)C)[nH]3)C=CC(c3ccccc3)C=C2)[nH]1)C(C)C. The summed E-state index contributed by atoms with van der Waals surface area (Å²) >= 11 is 0. The number of methoxy groups -OCH3 is 3. The number of allylic oxidation sites excluding steroid dienone is 4. The summed E-state index contributed by atoms with van der Waals surface area (Å²) in [4.78, 5) is 88.3. The number of carbonyl (C=O) groups excluding carboxylic acids is 5. The molecule has 338 valence electrons. The Kier molecular flexibility index (Phi) is 13.3. The first kappa shape index (κ1) is 44.9. The van der Waals surface area contributed by atoms with Gasteiger partial charge in [-0.15, -0.1) is 0 Å². The summed E-state index contributed by atoms with van der Waals surface area (Å²) in [6, 6.07) is 7.79. The molecule has 3 saturated heterocycles. The molecule has 17 nitrogen and oxygen atoms in total. The lowest BCUT2D eigenvalue weighted by Crippen LogP contribution is -2.52. The number of rotatable bonds is 11. The van der Waals surface area contributed by atoms with Gasteiger partial charge in [0.15, 0.2) is 0 Å². The molecule has 0 radical (unpaired) electrons. The number of aromatic nitrogens is 4. The molecule has 63 heavy (non-hydrogen) atoms. The molecule has 3 aliphatic heterocycles. The second-order valence-corrected chi connectivity index (χ2v) is 17.9. The Labute approximate surface area is 368 Å². The maximum atomic E-state index is 14.6. The average molecular weight is 868 g/mol. The van der Waals surface area contributed by atoms with Crippen molar-refractivity contribution in [1.29, 1.82) is 0 Å². The summed E-state index contributed by atoms with van der Waals surface area (Å²) in [5.41, 5.74) is 1.44. The number of hydrogen-bond acceptors (Lipinski definition) is 10. The number of benzene rings is 1. The molecule has 4 N–H and O–H groups in total. The lowest BCUT2D eigenvalue weighted by molar-refractivity contribution is -0.136. The van der Waals surface area contributed by atoms with Gasteiger partial charge in [0, 0.05) is 44.5 Å². The van der Waals surface area contributed by atoms with E-state index in [-0.39, 0.29) is 47.1 Å². The Balaban J connectivity index is 1.24. The number of aromatic amines is 2. The molecule has 7 rings (SSSR count). The van der Waals surface area contributed by atoms with Crippen LogP contribution in [0.2, 0.25) is 0 Å². The lowest BCUT2D eigenvalue weighted by Gasteiger charge is -2.38. The van der Waals surface area contributed by atoms with Crippen LogP contribution in [0, 0.1) is 17.3 Å². The van der Waals surface area contributed by atoms with Gasteiger partial charge in [-0.1, -0.05) is 82.3 Å². The van der Waals surface area contributed by atoms with Gasteiger partial charge in [-0.2, -0.15) is 0 Å². The first-order chi connectivity index (χ1) is 30.2. The van der Waals surface area contributed by atoms with E-state index in [2.05, 4.69) is 57.0 Å². The van der Waals surface area contributed by atoms with E-state index in [0.29, 0.717) is 63.5 Å². The van der Waals surface area contributed by atoms with Gasteiger partial charge in [0.1, 0.15) is 23.7 Å². The van der Waals surface area contributed by atoms with E-state index in [0.717, 1.165) is 23.4 Å². The highest BCUT2D eigenvalue weighted by Crippen LogP contribution is 2.50. The molecule has 1 aromatic carbocycles. The van der Waals surface area contributed by atoms with Crippen LogP contribution in [0.4, 0.5) is 14.4 Å². The van der Waals surface area contributed by atoms with Gasteiger partial charge in [0.05, 0.1) is 50.2 Å². The van der Waals surface area contributed by atoms with Crippen LogP contribution < -0.4 is 10.6 Å². The van der Waals surface area contributed by atoms with E-state index in [1.54, 1.807) is 9.80 Å². The third-order valence-electron chi connectivity index (χ3n) is 13.4. The quantitative estimate of drug-likeness (QED) is 0.133. The Morgan fingerprint density at radius 1 is 0.730 bits per heavy atom. The fourth-order valence-corrected chi connectivity index (χ4v) is 9.72. The number of ether oxygens (including phenoxy) is 3. The van der Waals surface area contributed by atoms with Gasteiger partial charge in [-0.05, 0) is 54.9 Å². The molecule has 0 bridgehead atoms.